The summed E-state index contributed by atoms with van der Waals surface area (Å²) in [6, 6.07) is 0. The average molecular weight is 242 g/mol. The van der Waals surface area contributed by atoms with Crippen molar-refractivity contribution < 1.29 is 4.79 Å². The van der Waals surface area contributed by atoms with Crippen molar-refractivity contribution in [1.29, 1.82) is 0 Å². The lowest BCUT2D eigenvalue weighted by Gasteiger charge is -2.25. The lowest BCUT2D eigenvalue weighted by atomic mass is 9.84. The zero-order valence-corrected chi connectivity index (χ0v) is 12.3. The van der Waals surface area contributed by atoms with Gasteiger partial charge < -0.3 is 10.6 Å². The minimum absolute atomic E-state index is 0.184. The first-order valence-corrected chi connectivity index (χ1v) is 6.72. The molecule has 17 heavy (non-hydrogen) atoms. The van der Waals surface area contributed by atoms with Crippen LogP contribution in [0.5, 0.6) is 0 Å². The van der Waals surface area contributed by atoms with Crippen LogP contribution >= 0.6 is 0 Å². The van der Waals surface area contributed by atoms with Crippen molar-refractivity contribution in [1.82, 2.24) is 4.90 Å². The molecule has 3 heteroatoms. The Hall–Kier alpha value is -0.570. The fourth-order valence-corrected chi connectivity index (χ4v) is 1.73. The fourth-order valence-electron chi connectivity index (χ4n) is 1.73. The first-order chi connectivity index (χ1) is 7.78. The van der Waals surface area contributed by atoms with E-state index < -0.39 is 0 Å². The van der Waals surface area contributed by atoms with Crippen molar-refractivity contribution in [2.45, 2.75) is 53.4 Å². The quantitative estimate of drug-likeness (QED) is 0.711. The molecule has 0 bridgehead atoms. The molecule has 3 nitrogen and oxygen atoms in total. The van der Waals surface area contributed by atoms with E-state index in [9.17, 15) is 4.79 Å². The highest BCUT2D eigenvalue weighted by atomic mass is 16.2. The summed E-state index contributed by atoms with van der Waals surface area (Å²) in [6.45, 7) is 10.3. The summed E-state index contributed by atoms with van der Waals surface area (Å²) in [7, 11) is 1.90. The number of nitrogens with zero attached hydrogens (tertiary/aromatic N) is 1. The maximum absolute atomic E-state index is 11.9. The summed E-state index contributed by atoms with van der Waals surface area (Å²) >= 11 is 0. The van der Waals surface area contributed by atoms with Crippen molar-refractivity contribution in [3.63, 3.8) is 0 Å². The topological polar surface area (TPSA) is 46.3 Å². The number of carbonyl (C=O) groups excluding carboxylic acids is 1. The Kier molecular flexibility index (Phi) is 7.44. The smallest absolute Gasteiger partial charge is 0.222 e. The largest absolute Gasteiger partial charge is 0.346 e. The van der Waals surface area contributed by atoms with E-state index in [1.165, 1.54) is 0 Å². The molecule has 0 aromatic rings. The van der Waals surface area contributed by atoms with Crippen LogP contribution in [0.15, 0.2) is 0 Å². The Bertz CT molecular complexity index is 224. The van der Waals surface area contributed by atoms with E-state index in [0.717, 1.165) is 25.8 Å². The van der Waals surface area contributed by atoms with E-state index in [0.29, 0.717) is 18.9 Å². The Balaban J connectivity index is 3.92. The third-order valence-corrected chi connectivity index (χ3v) is 3.30. The van der Waals surface area contributed by atoms with Gasteiger partial charge in [-0.05, 0) is 37.1 Å². The van der Waals surface area contributed by atoms with E-state index >= 15 is 0 Å². The number of carbonyl (C=O) groups is 1. The molecule has 0 fully saturated rings. The molecule has 0 heterocycles. The van der Waals surface area contributed by atoms with E-state index in [2.05, 4.69) is 27.7 Å². The Morgan fingerprint density at radius 2 is 1.88 bits per heavy atom. The molecule has 0 aliphatic rings. The summed E-state index contributed by atoms with van der Waals surface area (Å²) < 4.78 is 0. The average Bonchev–Trinajstić information content (AvgIpc) is 2.22. The van der Waals surface area contributed by atoms with Gasteiger partial charge in [0.05, 0.1) is 0 Å². The second-order valence-corrected chi connectivity index (χ2v) is 6.20. The number of hydrogen-bond acceptors (Lipinski definition) is 2. The highest BCUT2D eigenvalue weighted by molar-refractivity contribution is 5.75. The Morgan fingerprint density at radius 3 is 2.35 bits per heavy atom. The maximum Gasteiger partial charge on any atom is 0.222 e. The Labute approximate surface area is 107 Å². The lowest BCUT2D eigenvalue weighted by Crippen LogP contribution is -2.29. The first-order valence-electron chi connectivity index (χ1n) is 6.72. The molecule has 0 aliphatic heterocycles. The second kappa shape index (κ2) is 7.70. The van der Waals surface area contributed by atoms with Crippen LogP contribution in [0.25, 0.3) is 0 Å². The third-order valence-electron chi connectivity index (χ3n) is 3.30. The van der Waals surface area contributed by atoms with Crippen molar-refractivity contribution in [3.8, 4) is 0 Å². The second-order valence-electron chi connectivity index (χ2n) is 6.20. The fraction of sp³-hybridized carbons (Fsp3) is 0.929. The van der Waals surface area contributed by atoms with Crippen LogP contribution in [0.3, 0.4) is 0 Å². The molecule has 0 unspecified atom stereocenters. The number of amides is 1. The minimum Gasteiger partial charge on any atom is -0.346 e. The van der Waals surface area contributed by atoms with Crippen LogP contribution < -0.4 is 5.73 Å². The van der Waals surface area contributed by atoms with Crippen molar-refractivity contribution >= 4 is 5.91 Å². The van der Waals surface area contributed by atoms with Gasteiger partial charge in [0.2, 0.25) is 5.91 Å². The zero-order valence-electron chi connectivity index (χ0n) is 12.3. The van der Waals surface area contributed by atoms with Crippen LogP contribution in [-0.4, -0.2) is 30.9 Å². The van der Waals surface area contributed by atoms with Crippen LogP contribution in [-0.2, 0) is 4.79 Å². The van der Waals surface area contributed by atoms with Gasteiger partial charge in [0.25, 0.3) is 0 Å². The van der Waals surface area contributed by atoms with E-state index in [-0.39, 0.29) is 11.3 Å². The molecule has 0 radical (unpaired) electrons. The summed E-state index contributed by atoms with van der Waals surface area (Å²) in [6.07, 6.45) is 3.63. The standard InChI is InChI=1S/C14H30N2O/c1-12(2)7-11-16(5)13(17)6-8-14(3,4)9-10-15/h12H,6-11,15H2,1-5H3. The van der Waals surface area contributed by atoms with Crippen LogP contribution in [0.4, 0.5) is 0 Å². The van der Waals surface area contributed by atoms with Gasteiger partial charge in [0, 0.05) is 20.0 Å². The van der Waals surface area contributed by atoms with Crippen molar-refractivity contribution in [3.05, 3.63) is 0 Å². The zero-order chi connectivity index (χ0) is 13.5. The molecule has 0 aromatic carbocycles. The van der Waals surface area contributed by atoms with Gasteiger partial charge in [-0.1, -0.05) is 27.7 Å². The molecule has 1 amide bonds. The molecular formula is C14H30N2O. The molecule has 102 valence electrons. The molecular weight excluding hydrogens is 212 g/mol. The highest BCUT2D eigenvalue weighted by Crippen LogP contribution is 2.26. The molecule has 0 aliphatic carbocycles. The maximum atomic E-state index is 11.9. The molecule has 0 atom stereocenters. The number of hydrogen-bond donors (Lipinski definition) is 1. The summed E-state index contributed by atoms with van der Waals surface area (Å²) in [5, 5.41) is 0. The van der Waals surface area contributed by atoms with Gasteiger partial charge in [0.15, 0.2) is 0 Å². The molecule has 2 N–H and O–H groups in total. The molecule has 0 spiro atoms. The van der Waals surface area contributed by atoms with Gasteiger partial charge in [-0.25, -0.2) is 0 Å². The molecule has 0 aromatic heterocycles. The molecule has 0 rings (SSSR count). The van der Waals surface area contributed by atoms with E-state index in [1.54, 1.807) is 0 Å². The molecule has 0 saturated heterocycles. The summed E-state index contributed by atoms with van der Waals surface area (Å²) in [4.78, 5) is 13.8. The SMILES string of the molecule is CC(C)CCN(C)C(=O)CCC(C)(C)CCN. The van der Waals surface area contributed by atoms with Crippen LogP contribution in [0.2, 0.25) is 0 Å². The van der Waals surface area contributed by atoms with Gasteiger partial charge in [0.1, 0.15) is 0 Å². The lowest BCUT2D eigenvalue weighted by molar-refractivity contribution is -0.130. The van der Waals surface area contributed by atoms with E-state index in [4.69, 9.17) is 5.73 Å². The normalized spacial score (nSPS) is 11.9. The van der Waals surface area contributed by atoms with Crippen LogP contribution in [0, 0.1) is 11.3 Å². The monoisotopic (exact) mass is 242 g/mol. The van der Waals surface area contributed by atoms with Gasteiger partial charge >= 0.3 is 0 Å². The first kappa shape index (κ1) is 16.4. The third kappa shape index (κ3) is 8.19. The van der Waals surface area contributed by atoms with Crippen molar-refractivity contribution in [2.75, 3.05) is 20.1 Å². The van der Waals surface area contributed by atoms with Gasteiger partial charge in [-0.15, -0.1) is 0 Å². The highest BCUT2D eigenvalue weighted by Gasteiger charge is 2.19. The summed E-state index contributed by atoms with van der Waals surface area (Å²) in [5.41, 5.74) is 5.75. The van der Waals surface area contributed by atoms with Gasteiger partial charge in [-0.3, -0.25) is 4.79 Å². The number of nitrogens with two attached hydrogens (primary N) is 1. The predicted molar refractivity (Wildman–Crippen MR) is 73.8 cm³/mol. The van der Waals surface area contributed by atoms with Gasteiger partial charge in [-0.2, -0.15) is 0 Å². The predicted octanol–water partition coefficient (Wildman–Crippen LogP) is 2.65. The van der Waals surface area contributed by atoms with Crippen LogP contribution in [0.1, 0.15) is 53.4 Å². The summed E-state index contributed by atoms with van der Waals surface area (Å²) in [5.74, 6) is 0.912. The minimum atomic E-state index is 0.184. The number of rotatable bonds is 8. The molecule has 0 saturated carbocycles. The van der Waals surface area contributed by atoms with E-state index in [1.807, 2.05) is 11.9 Å². The Morgan fingerprint density at radius 1 is 1.29 bits per heavy atom. The van der Waals surface area contributed by atoms with Crippen molar-refractivity contribution in [2.24, 2.45) is 17.1 Å².